The number of carbonyl (C=O) groups is 3. The normalized spacial score (nSPS) is 16.5. The Kier molecular flexibility index (Phi) is 7.31. The van der Waals surface area contributed by atoms with E-state index < -0.39 is 11.8 Å². The molecule has 3 aromatic rings. The lowest BCUT2D eigenvalue weighted by molar-refractivity contribution is -0.122. The minimum Gasteiger partial charge on any atom is -0.462 e. The van der Waals surface area contributed by atoms with Crippen LogP contribution < -0.4 is 10.2 Å². The van der Waals surface area contributed by atoms with Gasteiger partial charge in [-0.15, -0.1) is 11.3 Å². The fourth-order valence-corrected chi connectivity index (χ4v) is 7.22. The van der Waals surface area contributed by atoms with Gasteiger partial charge in [0.2, 0.25) is 0 Å². The van der Waals surface area contributed by atoms with Crippen molar-refractivity contribution in [1.29, 1.82) is 0 Å². The molecule has 202 valence electrons. The number of thiocarbonyl (C=S) groups is 1. The van der Waals surface area contributed by atoms with E-state index in [1.54, 1.807) is 17.4 Å². The zero-order chi connectivity index (χ0) is 28.0. The summed E-state index contributed by atoms with van der Waals surface area (Å²) in [5.41, 5.74) is 6.76. The van der Waals surface area contributed by atoms with Crippen LogP contribution in [0.4, 0.5) is 5.69 Å². The predicted molar refractivity (Wildman–Crippen MR) is 158 cm³/mol. The van der Waals surface area contributed by atoms with Crippen molar-refractivity contribution in [2.24, 2.45) is 0 Å². The van der Waals surface area contributed by atoms with Gasteiger partial charge in [-0.25, -0.2) is 4.79 Å². The molecule has 1 aliphatic carbocycles. The summed E-state index contributed by atoms with van der Waals surface area (Å²) in [6, 6.07) is 7.66. The van der Waals surface area contributed by atoms with E-state index in [4.69, 9.17) is 17.0 Å². The number of ether oxygens (including phenoxy) is 1. The molecular weight excluding hydrogens is 530 g/mol. The van der Waals surface area contributed by atoms with Crippen LogP contribution in [0.1, 0.15) is 68.6 Å². The van der Waals surface area contributed by atoms with Gasteiger partial charge in [-0.3, -0.25) is 19.8 Å². The monoisotopic (exact) mass is 561 g/mol. The molecule has 1 N–H and O–H groups in total. The van der Waals surface area contributed by atoms with Crippen molar-refractivity contribution in [3.05, 3.63) is 73.9 Å². The third-order valence-electron chi connectivity index (χ3n) is 7.30. The highest BCUT2D eigenvalue weighted by atomic mass is 32.1. The van der Waals surface area contributed by atoms with Crippen molar-refractivity contribution in [2.75, 3.05) is 11.5 Å². The van der Waals surface area contributed by atoms with E-state index >= 15 is 0 Å². The van der Waals surface area contributed by atoms with Crippen molar-refractivity contribution < 1.29 is 19.1 Å². The zero-order valence-corrected chi connectivity index (χ0v) is 24.4. The van der Waals surface area contributed by atoms with Crippen LogP contribution >= 0.6 is 23.6 Å². The number of benzene rings is 1. The number of anilines is 1. The number of thiophene rings is 1. The fourth-order valence-electron chi connectivity index (χ4n) is 5.46. The van der Waals surface area contributed by atoms with Gasteiger partial charge in [-0.1, -0.05) is 17.7 Å². The lowest BCUT2D eigenvalue weighted by Crippen LogP contribution is -2.54. The van der Waals surface area contributed by atoms with E-state index in [-0.39, 0.29) is 16.7 Å². The molecule has 0 unspecified atom stereocenters. The van der Waals surface area contributed by atoms with Crippen molar-refractivity contribution in [3.63, 3.8) is 0 Å². The largest absolute Gasteiger partial charge is 0.462 e. The number of esters is 1. The summed E-state index contributed by atoms with van der Waals surface area (Å²) in [6.45, 7) is 9.90. The second-order valence-corrected chi connectivity index (χ2v) is 11.5. The highest BCUT2D eigenvalue weighted by Crippen LogP contribution is 2.39. The topological polar surface area (TPSA) is 80.6 Å². The third kappa shape index (κ3) is 4.74. The van der Waals surface area contributed by atoms with Gasteiger partial charge >= 0.3 is 5.97 Å². The van der Waals surface area contributed by atoms with Gasteiger partial charge in [-0.2, -0.15) is 0 Å². The average molecular weight is 562 g/mol. The first-order chi connectivity index (χ1) is 18.6. The standard InChI is InChI=1S/C30H31N3O4S2/c1-6-37-29(36)25-21-9-7-8-10-24(21)39-28(25)32-18(4)14-20(19(32)5)15-22-26(34)31-30(38)33(27(22)35)23-12-11-16(2)13-17(23)3/h11-15H,6-10H2,1-5H3,(H,31,34,38)/b22-15+. The Balaban J connectivity index is 1.59. The van der Waals surface area contributed by atoms with E-state index in [0.717, 1.165) is 64.3 Å². The number of nitrogens with one attached hydrogen (secondary N) is 1. The van der Waals surface area contributed by atoms with E-state index in [9.17, 15) is 14.4 Å². The number of nitrogens with zero attached hydrogens (tertiary/aromatic N) is 2. The first-order valence-corrected chi connectivity index (χ1v) is 14.3. The molecule has 0 radical (unpaired) electrons. The molecule has 3 heterocycles. The Labute approximate surface area is 237 Å². The minimum atomic E-state index is -0.533. The summed E-state index contributed by atoms with van der Waals surface area (Å²) in [5.74, 6) is -1.31. The number of hydrogen-bond donors (Lipinski definition) is 1. The molecule has 7 nitrogen and oxygen atoms in total. The van der Waals surface area contributed by atoms with E-state index in [2.05, 4.69) is 5.32 Å². The van der Waals surface area contributed by atoms with Gasteiger partial charge in [0, 0.05) is 16.3 Å². The molecule has 2 amide bonds. The maximum atomic E-state index is 13.7. The fraction of sp³-hybridized carbons (Fsp3) is 0.333. The Morgan fingerprint density at radius 1 is 1.13 bits per heavy atom. The van der Waals surface area contributed by atoms with Gasteiger partial charge in [0.15, 0.2) is 5.11 Å². The number of rotatable bonds is 5. The maximum absolute atomic E-state index is 13.7. The summed E-state index contributed by atoms with van der Waals surface area (Å²) >= 11 is 7.02. The van der Waals surface area contributed by atoms with Crippen LogP contribution in [0.25, 0.3) is 11.1 Å². The molecule has 0 saturated carbocycles. The van der Waals surface area contributed by atoms with E-state index in [0.29, 0.717) is 17.9 Å². The molecule has 2 aliphatic rings. The van der Waals surface area contributed by atoms with Crippen LogP contribution in [-0.4, -0.2) is 34.1 Å². The van der Waals surface area contributed by atoms with E-state index in [1.165, 1.54) is 9.78 Å². The lowest BCUT2D eigenvalue weighted by Gasteiger charge is -2.30. The number of aromatic nitrogens is 1. The van der Waals surface area contributed by atoms with Crippen molar-refractivity contribution in [3.8, 4) is 5.00 Å². The molecule has 5 rings (SSSR count). The summed E-state index contributed by atoms with van der Waals surface area (Å²) in [7, 11) is 0. The summed E-state index contributed by atoms with van der Waals surface area (Å²) < 4.78 is 7.50. The number of amides is 2. The lowest BCUT2D eigenvalue weighted by atomic mass is 9.95. The Bertz CT molecular complexity index is 1580. The number of fused-ring (bicyclic) bond motifs is 1. The minimum absolute atomic E-state index is 0.0000785. The Morgan fingerprint density at radius 3 is 2.59 bits per heavy atom. The van der Waals surface area contributed by atoms with Gasteiger partial charge in [-0.05, 0) is 107 Å². The highest BCUT2D eigenvalue weighted by molar-refractivity contribution is 7.80. The molecule has 1 aromatic carbocycles. The van der Waals surface area contributed by atoms with Crippen LogP contribution in [0.2, 0.25) is 0 Å². The molecule has 0 spiro atoms. The molecule has 1 aliphatic heterocycles. The van der Waals surface area contributed by atoms with Gasteiger partial charge in [0.05, 0.1) is 17.9 Å². The van der Waals surface area contributed by atoms with Crippen molar-refractivity contribution in [1.82, 2.24) is 9.88 Å². The molecule has 1 fully saturated rings. The molecule has 39 heavy (non-hydrogen) atoms. The predicted octanol–water partition coefficient (Wildman–Crippen LogP) is 5.66. The first-order valence-electron chi connectivity index (χ1n) is 13.1. The van der Waals surface area contributed by atoms with Crippen LogP contribution in [0.15, 0.2) is 29.8 Å². The first kappa shape index (κ1) is 27.0. The second kappa shape index (κ2) is 10.5. The highest BCUT2D eigenvalue weighted by Gasteiger charge is 2.36. The summed E-state index contributed by atoms with van der Waals surface area (Å²) in [6.07, 6.45) is 5.58. The Morgan fingerprint density at radius 2 is 1.87 bits per heavy atom. The molecular formula is C30H31N3O4S2. The van der Waals surface area contributed by atoms with Crippen LogP contribution in [0.3, 0.4) is 0 Å². The molecule has 2 aromatic heterocycles. The molecule has 1 saturated heterocycles. The average Bonchev–Trinajstić information content (AvgIpc) is 3.39. The Hall–Kier alpha value is -3.56. The number of hydrogen-bond acceptors (Lipinski definition) is 6. The van der Waals surface area contributed by atoms with Gasteiger partial charge in [0.25, 0.3) is 11.8 Å². The quantitative estimate of drug-likeness (QED) is 0.188. The summed E-state index contributed by atoms with van der Waals surface area (Å²) in [5, 5.41) is 3.57. The number of carbonyl (C=O) groups excluding carboxylic acids is 3. The summed E-state index contributed by atoms with van der Waals surface area (Å²) in [4.78, 5) is 42.3. The molecule has 0 atom stereocenters. The smallest absolute Gasteiger partial charge is 0.341 e. The van der Waals surface area contributed by atoms with Gasteiger partial charge < -0.3 is 9.30 Å². The molecule has 9 heteroatoms. The third-order valence-corrected chi connectivity index (χ3v) is 8.86. The van der Waals surface area contributed by atoms with Crippen molar-refractivity contribution >= 4 is 58.2 Å². The van der Waals surface area contributed by atoms with Gasteiger partial charge in [0.1, 0.15) is 10.6 Å². The SMILES string of the molecule is CCOC(=O)c1c(-n2c(C)cc(/C=C3\C(=O)NC(=S)N(c4ccc(C)cc4C)C3=O)c2C)sc2c1CCCC2. The second-order valence-electron chi connectivity index (χ2n) is 10.0. The van der Waals surface area contributed by atoms with Crippen LogP contribution in [0, 0.1) is 27.7 Å². The van der Waals surface area contributed by atoms with Crippen LogP contribution in [0.5, 0.6) is 0 Å². The zero-order valence-electron chi connectivity index (χ0n) is 22.8. The van der Waals surface area contributed by atoms with Crippen molar-refractivity contribution in [2.45, 2.75) is 60.3 Å². The van der Waals surface area contributed by atoms with Crippen LogP contribution in [-0.2, 0) is 27.2 Å². The molecule has 0 bridgehead atoms. The van der Waals surface area contributed by atoms with E-state index in [1.807, 2.05) is 63.5 Å². The number of aryl methyl sites for hydroxylation is 4. The maximum Gasteiger partial charge on any atom is 0.341 e.